The number of piperazine rings is 1. The lowest BCUT2D eigenvalue weighted by molar-refractivity contribution is -0.134. The number of rotatable bonds is 2. The van der Waals surface area contributed by atoms with Crippen LogP contribution in [0, 0.1) is 0 Å². The van der Waals surface area contributed by atoms with Gasteiger partial charge in [0.2, 0.25) is 5.91 Å². The lowest BCUT2D eigenvalue weighted by atomic mass is 9.82. The van der Waals surface area contributed by atoms with E-state index < -0.39 is 0 Å². The third-order valence-electron chi connectivity index (χ3n) is 4.87. The Balaban J connectivity index is 1.63. The van der Waals surface area contributed by atoms with E-state index in [0.29, 0.717) is 32.7 Å². The fraction of sp³-hybridized carbons (Fsp3) is 0.556. The molecule has 0 radical (unpaired) electrons. The number of carbonyl (C=O) groups is 2. The monoisotopic (exact) mass is 315 g/mol. The van der Waals surface area contributed by atoms with E-state index >= 15 is 0 Å². The fourth-order valence-corrected chi connectivity index (χ4v) is 3.62. The lowest BCUT2D eigenvalue weighted by Crippen LogP contribution is -2.54. The zero-order valence-corrected chi connectivity index (χ0v) is 13.8. The van der Waals surface area contributed by atoms with E-state index in [9.17, 15) is 9.59 Å². The fourth-order valence-electron chi connectivity index (χ4n) is 3.62. The molecule has 0 aromatic heterocycles. The van der Waals surface area contributed by atoms with Crippen molar-refractivity contribution in [2.75, 3.05) is 32.7 Å². The molecule has 0 saturated carbocycles. The average molecular weight is 315 g/mol. The maximum absolute atomic E-state index is 12.9. The number of amides is 3. The van der Waals surface area contributed by atoms with Gasteiger partial charge in [-0.15, -0.1) is 0 Å². The molecular formula is C18H25N3O2. The van der Waals surface area contributed by atoms with Gasteiger partial charge < -0.3 is 15.1 Å². The quantitative estimate of drug-likeness (QED) is 0.907. The summed E-state index contributed by atoms with van der Waals surface area (Å²) in [6.45, 7) is 5.05. The summed E-state index contributed by atoms with van der Waals surface area (Å²) in [5.74, 6) is 0.226. The Bertz CT molecular complexity index is 579. The number of nitrogens with one attached hydrogen (secondary N) is 1. The minimum absolute atomic E-state index is 0.00373. The molecule has 124 valence electrons. The van der Waals surface area contributed by atoms with Gasteiger partial charge in [0, 0.05) is 32.7 Å². The topological polar surface area (TPSA) is 52.7 Å². The number of carbonyl (C=O) groups excluding carboxylic acids is 2. The summed E-state index contributed by atoms with van der Waals surface area (Å²) < 4.78 is 0. The number of hydrogen-bond donors (Lipinski definition) is 1. The first-order valence-corrected chi connectivity index (χ1v) is 8.60. The molecule has 0 bridgehead atoms. The van der Waals surface area contributed by atoms with Gasteiger partial charge in [0.25, 0.3) is 0 Å². The van der Waals surface area contributed by atoms with Crippen LogP contribution >= 0.6 is 0 Å². The summed E-state index contributed by atoms with van der Waals surface area (Å²) in [4.78, 5) is 28.5. The van der Waals surface area contributed by atoms with Crippen LogP contribution in [0.2, 0.25) is 0 Å². The normalized spacial score (nSPS) is 20.8. The zero-order valence-electron chi connectivity index (χ0n) is 13.8. The third kappa shape index (κ3) is 3.33. The van der Waals surface area contributed by atoms with E-state index in [-0.39, 0.29) is 17.9 Å². The Hall–Kier alpha value is -2.04. The highest BCUT2D eigenvalue weighted by Crippen LogP contribution is 2.33. The molecular weight excluding hydrogens is 290 g/mol. The van der Waals surface area contributed by atoms with Crippen molar-refractivity contribution in [2.24, 2.45) is 0 Å². The average Bonchev–Trinajstić information content (AvgIpc) is 2.61. The summed E-state index contributed by atoms with van der Waals surface area (Å²) >= 11 is 0. The summed E-state index contributed by atoms with van der Waals surface area (Å²) in [6, 6.07) is 8.29. The van der Waals surface area contributed by atoms with Gasteiger partial charge in [0.05, 0.1) is 5.92 Å². The van der Waals surface area contributed by atoms with Crippen LogP contribution in [-0.4, -0.2) is 54.5 Å². The van der Waals surface area contributed by atoms with Crippen molar-refractivity contribution in [1.29, 1.82) is 0 Å². The van der Waals surface area contributed by atoms with E-state index in [4.69, 9.17) is 0 Å². The second kappa shape index (κ2) is 7.02. The highest BCUT2D eigenvalue weighted by molar-refractivity contribution is 5.85. The summed E-state index contributed by atoms with van der Waals surface area (Å²) in [5, 5.41) is 2.82. The molecule has 5 nitrogen and oxygen atoms in total. The molecule has 3 amide bonds. The van der Waals surface area contributed by atoms with Gasteiger partial charge in [-0.25, -0.2) is 4.79 Å². The molecule has 1 aliphatic carbocycles. The van der Waals surface area contributed by atoms with Gasteiger partial charge in [0.1, 0.15) is 0 Å². The van der Waals surface area contributed by atoms with Crippen molar-refractivity contribution in [2.45, 2.75) is 32.1 Å². The molecule has 1 saturated heterocycles. The molecule has 1 aliphatic heterocycles. The van der Waals surface area contributed by atoms with Crippen molar-refractivity contribution in [3.63, 3.8) is 0 Å². The standard InChI is InChI=1S/C18H25N3O2/c1-2-19-18(23)21-12-10-20(11-13-21)17(22)16-9-5-7-14-6-3-4-8-15(14)16/h3-4,6,8,16H,2,5,7,9-13H2,1H3,(H,19,23)/t16-/m1/s1. The van der Waals surface area contributed by atoms with Crippen LogP contribution in [0.4, 0.5) is 4.79 Å². The molecule has 1 atom stereocenters. The number of urea groups is 1. The number of benzene rings is 1. The molecule has 1 heterocycles. The Morgan fingerprint density at radius 3 is 2.57 bits per heavy atom. The molecule has 1 aromatic rings. The number of aryl methyl sites for hydroxylation is 1. The van der Waals surface area contributed by atoms with Gasteiger partial charge in [-0.3, -0.25) is 4.79 Å². The number of hydrogen-bond acceptors (Lipinski definition) is 2. The second-order valence-electron chi connectivity index (χ2n) is 6.29. The predicted octanol–water partition coefficient (Wildman–Crippen LogP) is 1.98. The van der Waals surface area contributed by atoms with Crippen molar-refractivity contribution in [3.8, 4) is 0 Å². The molecule has 23 heavy (non-hydrogen) atoms. The molecule has 1 aromatic carbocycles. The molecule has 1 N–H and O–H groups in total. The maximum atomic E-state index is 12.9. The molecule has 3 rings (SSSR count). The summed E-state index contributed by atoms with van der Waals surface area (Å²) in [5.41, 5.74) is 2.52. The first-order valence-electron chi connectivity index (χ1n) is 8.60. The highest BCUT2D eigenvalue weighted by Gasteiger charge is 2.32. The smallest absolute Gasteiger partial charge is 0.317 e. The Morgan fingerprint density at radius 2 is 1.83 bits per heavy atom. The first kappa shape index (κ1) is 15.8. The van der Waals surface area contributed by atoms with E-state index in [2.05, 4.69) is 23.5 Å². The van der Waals surface area contributed by atoms with Crippen molar-refractivity contribution < 1.29 is 9.59 Å². The number of nitrogens with zero attached hydrogens (tertiary/aromatic N) is 2. The van der Waals surface area contributed by atoms with E-state index in [1.807, 2.05) is 17.9 Å². The summed E-state index contributed by atoms with van der Waals surface area (Å²) in [6.07, 6.45) is 3.09. The Kier molecular flexibility index (Phi) is 4.84. The first-order chi connectivity index (χ1) is 11.2. The van der Waals surface area contributed by atoms with Crippen molar-refractivity contribution in [1.82, 2.24) is 15.1 Å². The van der Waals surface area contributed by atoms with Gasteiger partial charge >= 0.3 is 6.03 Å². The maximum Gasteiger partial charge on any atom is 0.317 e. The van der Waals surface area contributed by atoms with E-state index in [1.165, 1.54) is 11.1 Å². The van der Waals surface area contributed by atoms with Crippen LogP contribution in [0.1, 0.15) is 36.8 Å². The Morgan fingerprint density at radius 1 is 1.13 bits per heavy atom. The molecule has 1 fully saturated rings. The van der Waals surface area contributed by atoms with Gasteiger partial charge in [-0.05, 0) is 37.3 Å². The minimum atomic E-state index is -0.0254. The van der Waals surface area contributed by atoms with Crippen LogP contribution in [0.3, 0.4) is 0 Å². The summed E-state index contributed by atoms with van der Waals surface area (Å²) in [7, 11) is 0. The molecule has 0 unspecified atom stereocenters. The number of fused-ring (bicyclic) bond motifs is 1. The molecule has 0 spiro atoms. The Labute approximate surface area is 137 Å². The molecule has 5 heteroatoms. The van der Waals surface area contributed by atoms with Gasteiger partial charge in [0.15, 0.2) is 0 Å². The zero-order chi connectivity index (χ0) is 16.2. The highest BCUT2D eigenvalue weighted by atomic mass is 16.2. The van der Waals surface area contributed by atoms with Crippen LogP contribution < -0.4 is 5.32 Å². The largest absolute Gasteiger partial charge is 0.339 e. The van der Waals surface area contributed by atoms with E-state index in [1.54, 1.807) is 4.90 Å². The van der Waals surface area contributed by atoms with Gasteiger partial charge in [-0.2, -0.15) is 0 Å². The SMILES string of the molecule is CCNC(=O)N1CCN(C(=O)[C@@H]2CCCc3ccccc32)CC1. The van der Waals surface area contributed by atoms with Crippen LogP contribution in [0.15, 0.2) is 24.3 Å². The minimum Gasteiger partial charge on any atom is -0.339 e. The molecule has 2 aliphatic rings. The van der Waals surface area contributed by atoms with Crippen LogP contribution in [0.25, 0.3) is 0 Å². The van der Waals surface area contributed by atoms with Gasteiger partial charge in [-0.1, -0.05) is 24.3 Å². The lowest BCUT2D eigenvalue weighted by Gasteiger charge is -2.37. The van der Waals surface area contributed by atoms with E-state index in [0.717, 1.165) is 19.3 Å². The third-order valence-corrected chi connectivity index (χ3v) is 4.87. The van der Waals surface area contributed by atoms with Crippen molar-refractivity contribution >= 4 is 11.9 Å². The van der Waals surface area contributed by atoms with Crippen molar-refractivity contribution in [3.05, 3.63) is 35.4 Å². The predicted molar refractivity (Wildman–Crippen MR) is 89.3 cm³/mol. The van der Waals surface area contributed by atoms with Crippen LogP contribution in [-0.2, 0) is 11.2 Å². The van der Waals surface area contributed by atoms with Crippen LogP contribution in [0.5, 0.6) is 0 Å². The second-order valence-corrected chi connectivity index (χ2v) is 6.29.